The average molecular weight is 1530 g/mol. The van der Waals surface area contributed by atoms with Gasteiger partial charge in [-0.05, 0) is 154 Å². The highest BCUT2D eigenvalue weighted by Gasteiger charge is 2.19. The molecule has 110 heavy (non-hydrogen) atoms. The highest BCUT2D eigenvalue weighted by Crippen LogP contribution is 2.28. The first-order valence-electron chi connectivity index (χ1n) is 36.1. The van der Waals surface area contributed by atoms with Crippen molar-refractivity contribution in [3.05, 3.63) is 321 Å². The number of aromatic nitrogens is 9. The molecule has 0 saturated heterocycles. The van der Waals surface area contributed by atoms with E-state index in [4.69, 9.17) is 28.3 Å². The maximum atomic E-state index is 13.1. The zero-order valence-corrected chi connectivity index (χ0v) is 66.2. The SMILES string of the molecule is CC(C)c1cc2[nH]c(=O)n(Cc3ccccc3)c(=O)c2s1.CC(C)c1cnc(=O)n(CC(=O)NCc2ccccc2)c1.COc1ccc(Cn2c(=O)c3cc(C(C)C)ccc3n(C)c2=S)cc1.Cc1nc2ccc(C(C)C)cc2c(=O)n1Cc1ccc(F)cc1.[C-]#[N+]CNC(=O)c1cc(C(C)C)cn(CCOC)c1=O. The quantitative estimate of drug-likeness (QED) is 0.0447. The van der Waals surface area contributed by atoms with E-state index in [2.05, 4.69) is 78.0 Å². The molecular formula is C85H95FN12O10S2. The van der Waals surface area contributed by atoms with Gasteiger partial charge in [0.25, 0.3) is 34.8 Å². The highest BCUT2D eigenvalue weighted by atomic mass is 32.1. The van der Waals surface area contributed by atoms with Gasteiger partial charge in [-0.25, -0.2) is 30.5 Å². The number of hydrogen-bond acceptors (Lipinski definition) is 14. The lowest BCUT2D eigenvalue weighted by atomic mass is 10.0. The lowest BCUT2D eigenvalue weighted by molar-refractivity contribution is -0.121. The molecule has 0 aliphatic rings. The summed E-state index contributed by atoms with van der Waals surface area (Å²) in [5.74, 6) is 1.96. The molecule has 12 aromatic rings. The van der Waals surface area contributed by atoms with E-state index in [0.717, 1.165) is 60.7 Å². The second kappa shape index (κ2) is 39.5. The Bertz CT molecular complexity index is 5680. The number of thiophene rings is 1. The van der Waals surface area contributed by atoms with Gasteiger partial charge in [0.1, 0.15) is 34.2 Å². The Hall–Kier alpha value is -11.6. The lowest BCUT2D eigenvalue weighted by Crippen LogP contribution is -2.34. The number of amides is 2. The fourth-order valence-corrected chi connectivity index (χ4v) is 12.8. The monoisotopic (exact) mass is 1530 g/mol. The molecule has 12 rings (SSSR count). The molecule has 2 amide bonds. The molecule has 0 radical (unpaired) electrons. The smallest absolute Gasteiger partial charge is 0.347 e. The standard InChI is InChI=1S/C20H22N2O2S.C19H19FN2O.C16H19N3O2.C16H16N2O2S.C14H19N3O3/c1-13(2)15-7-10-18-17(11-15)19(23)22(20(25)21(18)3)12-14-5-8-16(24-4)9-6-14;1-12(2)15-6-9-18-17(10-15)19(23)22(13(3)21-18)11-14-4-7-16(20)8-5-14;1-12(2)14-9-18-16(21)19(10-14)11-15(20)17-8-13-6-4-3-5-7-13;1-10(2)13-8-12-14(21-13)15(19)18(16(20)17-12)9-11-6-4-3-5-7-11;1-10(2)11-7-12(13(18)16-9-15-3)14(19)17(8-11)5-6-20-4/h5-11,13H,12H2,1-4H3;4-10,12H,11H2,1-3H3;3-7,9-10,12H,8,11H2,1-2H3,(H,17,20);3-8,10H,9H2,1-2H3,(H,17,20);7-8,10H,5-6,9H2,1-2,4H3,(H,16,18). The van der Waals surface area contributed by atoms with E-state index in [1.54, 1.807) is 60.1 Å². The van der Waals surface area contributed by atoms with Crippen LogP contribution in [0.1, 0.15) is 164 Å². The zero-order valence-electron chi connectivity index (χ0n) is 64.6. The number of aromatic amines is 1. The first kappa shape index (κ1) is 84.0. The summed E-state index contributed by atoms with van der Waals surface area (Å²) in [7, 11) is 5.10. The summed E-state index contributed by atoms with van der Waals surface area (Å²) < 4.78 is 33.6. The summed E-state index contributed by atoms with van der Waals surface area (Å²) >= 11 is 7.00. The molecule has 0 bridgehead atoms. The summed E-state index contributed by atoms with van der Waals surface area (Å²) in [6.07, 6.45) is 5.01. The van der Waals surface area contributed by atoms with Gasteiger partial charge in [-0.1, -0.05) is 166 Å². The van der Waals surface area contributed by atoms with Crippen LogP contribution < -0.4 is 49.0 Å². The normalized spacial score (nSPS) is 11.0. The van der Waals surface area contributed by atoms with Gasteiger partial charge in [0, 0.05) is 50.7 Å². The number of methoxy groups -OCH3 is 2. The number of pyridine rings is 1. The Morgan fingerprint density at radius 3 is 1.75 bits per heavy atom. The Kier molecular flexibility index (Phi) is 30.2. The molecule has 25 heteroatoms. The molecule has 0 spiro atoms. The van der Waals surface area contributed by atoms with E-state index in [-0.39, 0.29) is 70.3 Å². The molecule has 22 nitrogen and oxygen atoms in total. The second-order valence-electron chi connectivity index (χ2n) is 27.8. The Morgan fingerprint density at radius 2 is 1.16 bits per heavy atom. The molecule has 6 aromatic carbocycles. The van der Waals surface area contributed by atoms with Crippen LogP contribution in [0.4, 0.5) is 4.39 Å². The fraction of sp³-hybridized carbons (Fsp3) is 0.318. The molecular weight excluding hydrogens is 1430 g/mol. The van der Waals surface area contributed by atoms with E-state index in [1.165, 1.54) is 37.2 Å². The van der Waals surface area contributed by atoms with Crippen molar-refractivity contribution < 1.29 is 23.5 Å². The summed E-state index contributed by atoms with van der Waals surface area (Å²) in [4.78, 5) is 114. The largest absolute Gasteiger partial charge is 0.497 e. The number of hydrogen-bond donors (Lipinski definition) is 3. The summed E-state index contributed by atoms with van der Waals surface area (Å²) in [5, 5.41) is 6.53. The number of benzene rings is 6. The van der Waals surface area contributed by atoms with Gasteiger partial charge in [0.05, 0.1) is 60.7 Å². The van der Waals surface area contributed by atoms with Crippen molar-refractivity contribution in [2.24, 2.45) is 7.05 Å². The van der Waals surface area contributed by atoms with Gasteiger partial charge >= 0.3 is 11.4 Å². The maximum Gasteiger partial charge on any atom is 0.347 e. The number of carbonyl (C=O) groups is 2. The molecule has 3 N–H and O–H groups in total. The first-order chi connectivity index (χ1) is 52.5. The minimum absolute atomic E-state index is 0.0147. The van der Waals surface area contributed by atoms with Crippen molar-refractivity contribution in [3.63, 3.8) is 0 Å². The van der Waals surface area contributed by atoms with Crippen molar-refractivity contribution >= 4 is 67.4 Å². The third kappa shape index (κ3) is 22.3. The van der Waals surface area contributed by atoms with Crippen LogP contribution in [0.2, 0.25) is 0 Å². The maximum absolute atomic E-state index is 13.1. The molecule has 0 unspecified atom stereocenters. The number of nitrogens with zero attached hydrogens (tertiary/aromatic N) is 9. The first-order valence-corrected chi connectivity index (χ1v) is 37.4. The van der Waals surface area contributed by atoms with Crippen LogP contribution in [0.5, 0.6) is 5.75 Å². The number of H-pyrrole nitrogens is 1. The van der Waals surface area contributed by atoms with Gasteiger partial charge in [-0.3, -0.25) is 57.2 Å². The molecule has 0 aliphatic carbocycles. The summed E-state index contributed by atoms with van der Waals surface area (Å²) in [5.41, 5.74) is 8.78. The van der Waals surface area contributed by atoms with Crippen molar-refractivity contribution in [3.8, 4) is 5.75 Å². The number of carbonyl (C=O) groups excluding carboxylic acids is 2. The van der Waals surface area contributed by atoms with Gasteiger partial charge in [-0.2, -0.15) is 0 Å². The van der Waals surface area contributed by atoms with Gasteiger partial charge in [-0.15, -0.1) is 11.3 Å². The molecule has 574 valence electrons. The molecule has 0 fully saturated rings. The molecule has 0 aliphatic heterocycles. The van der Waals surface area contributed by atoms with E-state index in [0.29, 0.717) is 94.2 Å². The van der Waals surface area contributed by atoms with E-state index in [9.17, 15) is 42.7 Å². The average Bonchev–Trinajstić information content (AvgIpc) is 1.09. The van der Waals surface area contributed by atoms with Crippen LogP contribution in [0.15, 0.2) is 205 Å². The van der Waals surface area contributed by atoms with Crippen molar-refractivity contribution in [2.45, 2.75) is 145 Å². The second-order valence-corrected chi connectivity index (χ2v) is 29.3. The van der Waals surface area contributed by atoms with E-state index >= 15 is 0 Å². The van der Waals surface area contributed by atoms with Crippen LogP contribution in [-0.2, 0) is 55.8 Å². The highest BCUT2D eigenvalue weighted by molar-refractivity contribution is 7.71. The fourth-order valence-electron chi connectivity index (χ4n) is 11.5. The number of halogens is 1. The van der Waals surface area contributed by atoms with Crippen molar-refractivity contribution in [1.82, 2.24) is 53.0 Å². The molecule has 0 saturated carbocycles. The topological polar surface area (TPSA) is 255 Å². The van der Waals surface area contributed by atoms with Gasteiger partial charge in [0.2, 0.25) is 5.91 Å². The number of aryl methyl sites for hydroxylation is 2. The van der Waals surface area contributed by atoms with Crippen molar-refractivity contribution in [1.29, 1.82) is 0 Å². The van der Waals surface area contributed by atoms with Crippen LogP contribution in [0.3, 0.4) is 0 Å². The number of nitrogens with one attached hydrogen (secondary N) is 3. The third-order valence-electron chi connectivity index (χ3n) is 18.1. The van der Waals surface area contributed by atoms with Gasteiger partial charge < -0.3 is 28.9 Å². The Labute approximate surface area is 647 Å². The third-order valence-corrected chi connectivity index (χ3v) is 20.0. The summed E-state index contributed by atoms with van der Waals surface area (Å²) in [6, 6.07) is 48.4. The lowest BCUT2D eigenvalue weighted by Gasteiger charge is -2.14. The van der Waals surface area contributed by atoms with E-state index in [1.807, 2.05) is 168 Å². The summed E-state index contributed by atoms with van der Waals surface area (Å²) in [6.45, 7) is 31.3. The Morgan fingerprint density at radius 1 is 0.609 bits per heavy atom. The number of rotatable bonds is 21. The van der Waals surface area contributed by atoms with Crippen LogP contribution in [0.25, 0.3) is 36.9 Å². The van der Waals surface area contributed by atoms with Crippen LogP contribution in [-0.4, -0.2) is 81.7 Å². The number of ether oxygens (including phenoxy) is 2. The van der Waals surface area contributed by atoms with Crippen LogP contribution >= 0.6 is 23.6 Å². The van der Waals surface area contributed by atoms with Crippen molar-refractivity contribution in [2.75, 3.05) is 27.5 Å². The van der Waals surface area contributed by atoms with Crippen LogP contribution in [0, 0.1) is 24.1 Å². The molecule has 6 heterocycles. The Balaban J connectivity index is 0.000000173. The predicted octanol–water partition coefficient (Wildman–Crippen LogP) is 14.1. The zero-order chi connectivity index (χ0) is 80.0. The van der Waals surface area contributed by atoms with Gasteiger partial charge in [0.15, 0.2) is 4.77 Å². The van der Waals surface area contributed by atoms with E-state index < -0.39 is 11.6 Å². The molecule has 6 aromatic heterocycles. The minimum atomic E-state index is -0.514. The number of fused-ring (bicyclic) bond motifs is 3. The minimum Gasteiger partial charge on any atom is -0.497 e. The molecule has 0 atom stereocenters. The predicted molar refractivity (Wildman–Crippen MR) is 437 cm³/mol.